The molecule has 4 rings (SSSR count). The fourth-order valence-electron chi connectivity index (χ4n) is 4.96. The van der Waals surface area contributed by atoms with Crippen molar-refractivity contribution < 1.29 is 18.0 Å². The van der Waals surface area contributed by atoms with Crippen LogP contribution in [0.25, 0.3) is 0 Å². The second-order valence-corrected chi connectivity index (χ2v) is 14.2. The van der Waals surface area contributed by atoms with Crippen molar-refractivity contribution in [3.8, 4) is 0 Å². The van der Waals surface area contributed by atoms with Crippen LogP contribution in [0, 0.1) is 6.92 Å². The molecular weight excluding hydrogens is 665 g/mol. The summed E-state index contributed by atoms with van der Waals surface area (Å²) < 4.78 is 29.4. The number of rotatable bonds is 13. The molecule has 4 aromatic carbocycles. The summed E-state index contributed by atoms with van der Waals surface area (Å²) in [6, 6.07) is 25.9. The highest BCUT2D eigenvalue weighted by Gasteiger charge is 2.35. The van der Waals surface area contributed by atoms with Gasteiger partial charge in [0.05, 0.1) is 20.6 Å². The predicted molar refractivity (Wildman–Crippen MR) is 186 cm³/mol. The summed E-state index contributed by atoms with van der Waals surface area (Å²) in [5.41, 5.74) is 2.31. The number of carbonyl (C=O) groups excluding carboxylic acids is 2. The smallest absolute Gasteiger partial charge is 0.264 e. The molecule has 11 heteroatoms. The van der Waals surface area contributed by atoms with Crippen molar-refractivity contribution in [2.75, 3.05) is 10.8 Å². The number of carbonyl (C=O) groups is 2. The number of nitrogens with one attached hydrogen (secondary N) is 1. The van der Waals surface area contributed by atoms with Crippen molar-refractivity contribution in [1.82, 2.24) is 10.2 Å². The zero-order chi connectivity index (χ0) is 33.4. The third-order valence-corrected chi connectivity index (χ3v) is 10.4. The Morgan fingerprint density at radius 2 is 1.48 bits per heavy atom. The molecular formula is C35H36Cl3N3O4S. The molecule has 0 saturated carbocycles. The Hall–Kier alpha value is -3.56. The van der Waals surface area contributed by atoms with Crippen LogP contribution in [0.2, 0.25) is 15.1 Å². The van der Waals surface area contributed by atoms with Crippen LogP contribution in [-0.4, -0.2) is 43.8 Å². The fourth-order valence-corrected chi connectivity index (χ4v) is 7.01. The van der Waals surface area contributed by atoms with E-state index in [-0.39, 0.29) is 29.8 Å². The highest BCUT2D eigenvalue weighted by atomic mass is 35.5. The molecule has 0 aliphatic carbocycles. The van der Waals surface area contributed by atoms with E-state index in [1.807, 2.05) is 44.2 Å². The molecule has 0 fully saturated rings. The first-order valence-corrected chi connectivity index (χ1v) is 17.4. The number of aryl methyl sites for hydroxylation is 1. The summed E-state index contributed by atoms with van der Waals surface area (Å²) in [5.74, 6) is -0.938. The van der Waals surface area contributed by atoms with Gasteiger partial charge in [0.2, 0.25) is 11.8 Å². The number of hydrogen-bond acceptors (Lipinski definition) is 4. The zero-order valence-electron chi connectivity index (χ0n) is 25.8. The normalized spacial score (nSPS) is 12.7. The van der Waals surface area contributed by atoms with Crippen LogP contribution in [0.4, 0.5) is 5.69 Å². The average Bonchev–Trinajstić information content (AvgIpc) is 3.04. The third-order valence-electron chi connectivity index (χ3n) is 7.65. The summed E-state index contributed by atoms with van der Waals surface area (Å²) in [7, 11) is -4.23. The SMILES string of the molecule is CC[C@H](C)NC(=O)[C@H](Cc1ccccc1)N(Cc1ccc(Cl)c(Cl)c1)C(=O)CN(c1ccc(Cl)cc1C)S(=O)(=O)c1ccccc1. The lowest BCUT2D eigenvalue weighted by Crippen LogP contribution is -2.54. The Balaban J connectivity index is 1.84. The van der Waals surface area contributed by atoms with Gasteiger partial charge in [0.15, 0.2) is 0 Å². The van der Waals surface area contributed by atoms with E-state index in [1.165, 1.54) is 17.0 Å². The summed E-state index contributed by atoms with van der Waals surface area (Å²) in [6.07, 6.45) is 0.880. The molecule has 0 aromatic heterocycles. The number of amides is 2. The van der Waals surface area contributed by atoms with Crippen molar-refractivity contribution in [2.24, 2.45) is 0 Å². The van der Waals surface area contributed by atoms with E-state index in [9.17, 15) is 18.0 Å². The zero-order valence-corrected chi connectivity index (χ0v) is 28.9. The van der Waals surface area contributed by atoms with Crippen molar-refractivity contribution in [3.63, 3.8) is 0 Å². The molecule has 0 saturated heterocycles. The van der Waals surface area contributed by atoms with Crippen molar-refractivity contribution >= 4 is 62.3 Å². The molecule has 2 atom stereocenters. The van der Waals surface area contributed by atoms with Crippen LogP contribution < -0.4 is 9.62 Å². The summed E-state index contributed by atoms with van der Waals surface area (Å²) in [4.78, 5) is 30.0. The van der Waals surface area contributed by atoms with E-state index in [2.05, 4.69) is 5.32 Å². The van der Waals surface area contributed by atoms with Crippen molar-refractivity contribution in [2.45, 2.75) is 57.1 Å². The maximum absolute atomic E-state index is 14.6. The number of anilines is 1. The second kappa shape index (κ2) is 15.8. The first-order valence-electron chi connectivity index (χ1n) is 14.8. The molecule has 242 valence electrons. The lowest BCUT2D eigenvalue weighted by molar-refractivity contribution is -0.140. The van der Waals surface area contributed by atoms with Crippen LogP contribution in [0.1, 0.15) is 37.0 Å². The second-order valence-electron chi connectivity index (χ2n) is 11.0. The minimum absolute atomic E-state index is 0.0172. The Morgan fingerprint density at radius 3 is 2.09 bits per heavy atom. The standard InChI is InChI=1S/C35H36Cl3N3O4S/c1-4-25(3)39-35(43)33(21-26-11-7-5-8-12-26)40(22-27-15-17-30(37)31(38)20-27)34(42)23-41(32-18-16-28(36)19-24(32)2)46(44,45)29-13-9-6-10-14-29/h5-20,25,33H,4,21-23H2,1-3H3,(H,39,43)/t25-,33-/m0/s1. The van der Waals surface area contributed by atoms with Crippen LogP contribution in [0.5, 0.6) is 0 Å². The summed E-state index contributed by atoms with van der Waals surface area (Å²) in [6.45, 7) is 4.96. The van der Waals surface area contributed by atoms with Crippen molar-refractivity contribution in [1.29, 1.82) is 0 Å². The van der Waals surface area contributed by atoms with Gasteiger partial charge < -0.3 is 10.2 Å². The van der Waals surface area contributed by atoms with Crippen LogP contribution in [0.3, 0.4) is 0 Å². The van der Waals surface area contributed by atoms with Crippen LogP contribution in [-0.2, 0) is 32.6 Å². The van der Waals surface area contributed by atoms with Gasteiger partial charge in [-0.05, 0) is 79.4 Å². The van der Waals surface area contributed by atoms with E-state index in [1.54, 1.807) is 61.5 Å². The molecule has 4 aromatic rings. The molecule has 0 unspecified atom stereocenters. The van der Waals surface area contributed by atoms with Gasteiger partial charge in [0.1, 0.15) is 12.6 Å². The maximum atomic E-state index is 14.6. The van der Waals surface area contributed by atoms with Gasteiger partial charge in [-0.2, -0.15) is 0 Å². The molecule has 0 bridgehead atoms. The van der Waals surface area contributed by atoms with Crippen molar-refractivity contribution in [3.05, 3.63) is 129 Å². The first-order chi connectivity index (χ1) is 21.9. The number of hydrogen-bond donors (Lipinski definition) is 1. The highest BCUT2D eigenvalue weighted by Crippen LogP contribution is 2.30. The summed E-state index contributed by atoms with van der Waals surface area (Å²) >= 11 is 18.8. The molecule has 2 amide bonds. The van der Waals surface area contributed by atoms with Gasteiger partial charge in [-0.25, -0.2) is 8.42 Å². The maximum Gasteiger partial charge on any atom is 0.264 e. The van der Waals surface area contributed by atoms with E-state index in [0.29, 0.717) is 38.3 Å². The van der Waals surface area contributed by atoms with Crippen LogP contribution >= 0.6 is 34.8 Å². The first kappa shape index (κ1) is 35.3. The van der Waals surface area contributed by atoms with E-state index in [4.69, 9.17) is 34.8 Å². The monoisotopic (exact) mass is 699 g/mol. The van der Waals surface area contributed by atoms with Gasteiger partial charge in [-0.3, -0.25) is 13.9 Å². The molecule has 0 aliphatic heterocycles. The molecule has 46 heavy (non-hydrogen) atoms. The molecule has 0 aliphatic rings. The van der Waals surface area contributed by atoms with Gasteiger partial charge in [0, 0.05) is 24.0 Å². The van der Waals surface area contributed by atoms with Gasteiger partial charge in [-0.1, -0.05) is 96.3 Å². The van der Waals surface area contributed by atoms with Gasteiger partial charge in [0.25, 0.3) is 10.0 Å². The lowest BCUT2D eigenvalue weighted by Gasteiger charge is -2.34. The van der Waals surface area contributed by atoms with E-state index >= 15 is 0 Å². The average molecular weight is 701 g/mol. The molecule has 0 radical (unpaired) electrons. The lowest BCUT2D eigenvalue weighted by atomic mass is 10.0. The summed E-state index contributed by atoms with van der Waals surface area (Å²) in [5, 5.41) is 4.08. The largest absolute Gasteiger partial charge is 0.352 e. The van der Waals surface area contributed by atoms with E-state index < -0.39 is 28.5 Å². The number of nitrogens with zero attached hydrogens (tertiary/aromatic N) is 2. The van der Waals surface area contributed by atoms with Crippen LogP contribution in [0.15, 0.2) is 102 Å². The Bertz CT molecular complexity index is 1770. The Kier molecular flexibility index (Phi) is 12.1. The third kappa shape index (κ3) is 8.82. The Morgan fingerprint density at radius 1 is 0.826 bits per heavy atom. The number of sulfonamides is 1. The Labute approximate surface area is 286 Å². The molecule has 7 nitrogen and oxygen atoms in total. The van der Waals surface area contributed by atoms with Gasteiger partial charge in [-0.15, -0.1) is 0 Å². The minimum Gasteiger partial charge on any atom is -0.352 e. The predicted octanol–water partition coefficient (Wildman–Crippen LogP) is 7.71. The topological polar surface area (TPSA) is 86.8 Å². The van der Waals surface area contributed by atoms with E-state index in [0.717, 1.165) is 9.87 Å². The molecule has 0 spiro atoms. The number of halogens is 3. The number of benzene rings is 4. The quantitative estimate of drug-likeness (QED) is 0.155. The molecule has 0 heterocycles. The van der Waals surface area contributed by atoms with Gasteiger partial charge >= 0.3 is 0 Å². The highest BCUT2D eigenvalue weighted by molar-refractivity contribution is 7.92. The fraction of sp³-hybridized carbons (Fsp3) is 0.257. The molecule has 1 N–H and O–H groups in total. The minimum atomic E-state index is -4.23.